The van der Waals surface area contributed by atoms with E-state index < -0.39 is 5.97 Å². The maximum Gasteiger partial charge on any atom is 0.342 e. The van der Waals surface area contributed by atoms with Gasteiger partial charge in [0.15, 0.2) is 11.5 Å². The molecule has 0 saturated heterocycles. The van der Waals surface area contributed by atoms with Crippen molar-refractivity contribution in [3.8, 4) is 28.5 Å². The highest BCUT2D eigenvalue weighted by atomic mass is 16.5. The van der Waals surface area contributed by atoms with Crippen LogP contribution in [-0.4, -0.2) is 39.4 Å². The standard InChI is InChI=1S/C20H19NO5/c1-23-14-7-5-12(6-8-14)18-16-13(9-10-21-18)11-15(24-2)19(25-3)17(16)20(22)26-4/h5-11H,1-4H3. The fourth-order valence-corrected chi connectivity index (χ4v) is 2.92. The van der Waals surface area contributed by atoms with Gasteiger partial charge in [-0.1, -0.05) is 0 Å². The highest BCUT2D eigenvalue weighted by Gasteiger charge is 2.24. The summed E-state index contributed by atoms with van der Waals surface area (Å²) in [7, 11) is 5.95. The van der Waals surface area contributed by atoms with Crippen LogP contribution in [0.15, 0.2) is 42.6 Å². The molecule has 0 bridgehead atoms. The summed E-state index contributed by atoms with van der Waals surface area (Å²) in [5.41, 5.74) is 1.77. The molecule has 0 amide bonds. The molecule has 6 nitrogen and oxygen atoms in total. The second kappa shape index (κ2) is 7.31. The lowest BCUT2D eigenvalue weighted by Crippen LogP contribution is -2.07. The SMILES string of the molecule is COC(=O)c1c(OC)c(OC)cc2ccnc(-c3ccc(OC)cc3)c12. The van der Waals surface area contributed by atoms with Gasteiger partial charge >= 0.3 is 5.97 Å². The lowest BCUT2D eigenvalue weighted by molar-refractivity contribution is 0.0599. The van der Waals surface area contributed by atoms with E-state index in [-0.39, 0.29) is 5.56 Å². The van der Waals surface area contributed by atoms with E-state index in [1.165, 1.54) is 21.3 Å². The molecule has 0 aliphatic heterocycles. The zero-order valence-electron chi connectivity index (χ0n) is 15.0. The smallest absolute Gasteiger partial charge is 0.342 e. The summed E-state index contributed by atoms with van der Waals surface area (Å²) in [4.78, 5) is 17.0. The van der Waals surface area contributed by atoms with Crippen molar-refractivity contribution >= 4 is 16.7 Å². The summed E-state index contributed by atoms with van der Waals surface area (Å²) >= 11 is 0. The Bertz CT molecular complexity index is 951. The van der Waals surface area contributed by atoms with Crippen LogP contribution in [-0.2, 0) is 4.74 Å². The maximum atomic E-state index is 12.6. The van der Waals surface area contributed by atoms with E-state index in [9.17, 15) is 4.79 Å². The van der Waals surface area contributed by atoms with Crippen molar-refractivity contribution in [1.29, 1.82) is 0 Å². The summed E-state index contributed by atoms with van der Waals surface area (Å²) < 4.78 is 21.0. The van der Waals surface area contributed by atoms with Gasteiger partial charge < -0.3 is 18.9 Å². The Labute approximate surface area is 151 Å². The molecule has 0 atom stereocenters. The molecule has 1 heterocycles. The average Bonchev–Trinajstić information content (AvgIpc) is 2.71. The molecule has 6 heteroatoms. The van der Waals surface area contributed by atoms with Crippen LogP contribution in [0.3, 0.4) is 0 Å². The Hall–Kier alpha value is -3.28. The highest BCUT2D eigenvalue weighted by Crippen LogP contribution is 2.41. The monoisotopic (exact) mass is 353 g/mol. The molecule has 0 saturated carbocycles. The maximum absolute atomic E-state index is 12.6. The van der Waals surface area contributed by atoms with Gasteiger partial charge in [-0.15, -0.1) is 0 Å². The van der Waals surface area contributed by atoms with Crippen molar-refractivity contribution in [2.24, 2.45) is 0 Å². The molecule has 0 unspecified atom stereocenters. The van der Waals surface area contributed by atoms with Crippen molar-refractivity contribution in [3.05, 3.63) is 48.2 Å². The number of methoxy groups -OCH3 is 4. The number of rotatable bonds is 5. The Balaban J connectivity index is 2.38. The number of ether oxygens (including phenoxy) is 4. The first kappa shape index (κ1) is 17.5. The predicted molar refractivity (Wildman–Crippen MR) is 98.2 cm³/mol. The molecular formula is C20H19NO5. The first-order chi connectivity index (χ1) is 12.6. The summed E-state index contributed by atoms with van der Waals surface area (Å²) in [6.07, 6.45) is 1.69. The molecule has 1 aromatic heterocycles. The molecular weight excluding hydrogens is 334 g/mol. The summed E-state index contributed by atoms with van der Waals surface area (Å²) in [5, 5.41) is 1.44. The van der Waals surface area contributed by atoms with Gasteiger partial charge in [0.25, 0.3) is 0 Å². The highest BCUT2D eigenvalue weighted by molar-refractivity contribution is 6.12. The molecule has 2 aromatic carbocycles. The first-order valence-corrected chi connectivity index (χ1v) is 7.91. The van der Waals surface area contributed by atoms with E-state index in [0.717, 1.165) is 16.7 Å². The van der Waals surface area contributed by atoms with Gasteiger partial charge in [-0.3, -0.25) is 4.98 Å². The van der Waals surface area contributed by atoms with Crippen LogP contribution in [0, 0.1) is 0 Å². The molecule has 0 fully saturated rings. The molecule has 0 radical (unpaired) electrons. The second-order valence-electron chi connectivity index (χ2n) is 5.46. The molecule has 26 heavy (non-hydrogen) atoms. The topological polar surface area (TPSA) is 66.9 Å². The van der Waals surface area contributed by atoms with E-state index in [0.29, 0.717) is 22.6 Å². The largest absolute Gasteiger partial charge is 0.497 e. The van der Waals surface area contributed by atoms with Crippen LogP contribution in [0.2, 0.25) is 0 Å². The van der Waals surface area contributed by atoms with Crippen molar-refractivity contribution in [1.82, 2.24) is 4.98 Å². The lowest BCUT2D eigenvalue weighted by atomic mass is 9.97. The van der Waals surface area contributed by atoms with Crippen molar-refractivity contribution in [2.75, 3.05) is 28.4 Å². The number of nitrogens with zero attached hydrogens (tertiary/aromatic N) is 1. The molecule has 0 spiro atoms. The number of carbonyl (C=O) groups excluding carboxylic acids is 1. The summed E-state index contributed by atoms with van der Waals surface area (Å²) in [5.74, 6) is 0.983. The van der Waals surface area contributed by atoms with E-state index in [2.05, 4.69) is 4.98 Å². The molecule has 0 aliphatic rings. The lowest BCUT2D eigenvalue weighted by Gasteiger charge is -2.16. The number of esters is 1. The van der Waals surface area contributed by atoms with E-state index in [1.54, 1.807) is 13.3 Å². The van der Waals surface area contributed by atoms with Crippen LogP contribution in [0.5, 0.6) is 17.2 Å². The third-order valence-electron chi connectivity index (χ3n) is 4.15. The third-order valence-corrected chi connectivity index (χ3v) is 4.15. The second-order valence-corrected chi connectivity index (χ2v) is 5.46. The average molecular weight is 353 g/mol. The van der Waals surface area contributed by atoms with Gasteiger partial charge in [0.2, 0.25) is 0 Å². The van der Waals surface area contributed by atoms with Crippen molar-refractivity contribution < 1.29 is 23.7 Å². The number of carbonyl (C=O) groups is 1. The Morgan fingerprint density at radius 3 is 2.23 bits per heavy atom. The molecule has 134 valence electrons. The number of fused-ring (bicyclic) bond motifs is 1. The number of hydrogen-bond donors (Lipinski definition) is 0. The zero-order chi connectivity index (χ0) is 18.7. The Morgan fingerprint density at radius 2 is 1.65 bits per heavy atom. The van der Waals surface area contributed by atoms with Crippen LogP contribution in [0.25, 0.3) is 22.0 Å². The minimum Gasteiger partial charge on any atom is -0.497 e. The minimum absolute atomic E-state index is 0.281. The van der Waals surface area contributed by atoms with Gasteiger partial charge in [0, 0.05) is 17.1 Å². The van der Waals surface area contributed by atoms with Crippen LogP contribution in [0.1, 0.15) is 10.4 Å². The van der Waals surface area contributed by atoms with Crippen molar-refractivity contribution in [3.63, 3.8) is 0 Å². The third kappa shape index (κ3) is 2.90. The Kier molecular flexibility index (Phi) is 4.93. The van der Waals surface area contributed by atoms with Gasteiger partial charge in [-0.2, -0.15) is 0 Å². The van der Waals surface area contributed by atoms with Gasteiger partial charge in [0.1, 0.15) is 11.3 Å². The molecule has 3 rings (SSSR count). The summed E-state index contributed by atoms with van der Waals surface area (Å²) in [6, 6.07) is 11.1. The number of hydrogen-bond acceptors (Lipinski definition) is 6. The van der Waals surface area contributed by atoms with Gasteiger partial charge in [-0.05, 0) is 41.8 Å². The summed E-state index contributed by atoms with van der Waals surface area (Å²) in [6.45, 7) is 0. The number of benzene rings is 2. The normalized spacial score (nSPS) is 10.5. The zero-order valence-corrected chi connectivity index (χ0v) is 15.0. The Morgan fingerprint density at radius 1 is 0.923 bits per heavy atom. The number of aromatic nitrogens is 1. The molecule has 0 N–H and O–H groups in total. The van der Waals surface area contributed by atoms with Crippen LogP contribution in [0.4, 0.5) is 0 Å². The molecule has 3 aromatic rings. The fraction of sp³-hybridized carbons (Fsp3) is 0.200. The van der Waals surface area contributed by atoms with E-state index in [4.69, 9.17) is 18.9 Å². The van der Waals surface area contributed by atoms with Gasteiger partial charge in [-0.25, -0.2) is 4.79 Å². The molecule has 0 aliphatic carbocycles. The number of pyridine rings is 1. The van der Waals surface area contributed by atoms with Crippen LogP contribution >= 0.6 is 0 Å². The van der Waals surface area contributed by atoms with Gasteiger partial charge in [0.05, 0.1) is 34.1 Å². The quantitative estimate of drug-likeness (QED) is 0.652. The van der Waals surface area contributed by atoms with Crippen LogP contribution < -0.4 is 14.2 Å². The predicted octanol–water partition coefficient (Wildman–Crippen LogP) is 3.71. The fourth-order valence-electron chi connectivity index (χ4n) is 2.92. The van der Waals surface area contributed by atoms with E-state index >= 15 is 0 Å². The minimum atomic E-state index is -0.520. The first-order valence-electron chi connectivity index (χ1n) is 7.91. The van der Waals surface area contributed by atoms with Crippen molar-refractivity contribution in [2.45, 2.75) is 0 Å². The van der Waals surface area contributed by atoms with E-state index in [1.807, 2.05) is 36.4 Å².